The highest BCUT2D eigenvalue weighted by atomic mass is 32.1. The van der Waals surface area contributed by atoms with Crippen LogP contribution in [0, 0.1) is 0 Å². The summed E-state index contributed by atoms with van der Waals surface area (Å²) >= 11 is 1.87. The van der Waals surface area contributed by atoms with E-state index in [1.54, 1.807) is 0 Å². The zero-order valence-corrected chi connectivity index (χ0v) is 30.5. The van der Waals surface area contributed by atoms with Crippen molar-refractivity contribution in [3.05, 3.63) is 194 Å². The predicted molar refractivity (Wildman–Crippen MR) is 229 cm³/mol. The molecule has 0 aliphatic carbocycles. The first-order valence-corrected chi connectivity index (χ1v) is 19.1. The molecule has 0 bridgehead atoms. The van der Waals surface area contributed by atoms with E-state index in [0.29, 0.717) is 23.2 Å². The van der Waals surface area contributed by atoms with Crippen LogP contribution >= 0.6 is 11.3 Å². The Labute approximate surface area is 323 Å². The number of fused-ring (bicyclic) bond motifs is 3. The molecule has 258 valence electrons. The van der Waals surface area contributed by atoms with Crippen molar-refractivity contribution >= 4 is 31.5 Å². The Morgan fingerprint density at radius 2 is 0.818 bits per heavy atom. The number of pyridine rings is 1. The third-order valence-electron chi connectivity index (χ3n) is 10.00. The van der Waals surface area contributed by atoms with Crippen LogP contribution in [0.5, 0.6) is 0 Å². The number of rotatable bonds is 7. The van der Waals surface area contributed by atoms with Gasteiger partial charge in [0.1, 0.15) is 5.69 Å². The van der Waals surface area contributed by atoms with Crippen molar-refractivity contribution in [1.29, 1.82) is 0 Å². The highest BCUT2D eigenvalue weighted by Crippen LogP contribution is 2.49. The first-order chi connectivity index (χ1) is 27.3. The van der Waals surface area contributed by atoms with Crippen LogP contribution in [0.25, 0.3) is 99.0 Å². The Morgan fingerprint density at radius 1 is 0.327 bits per heavy atom. The van der Waals surface area contributed by atoms with Crippen molar-refractivity contribution in [3.63, 3.8) is 0 Å². The lowest BCUT2D eigenvalue weighted by atomic mass is 9.92. The van der Waals surface area contributed by atoms with Gasteiger partial charge in [0.2, 0.25) is 0 Å². The van der Waals surface area contributed by atoms with Gasteiger partial charge in [-0.1, -0.05) is 170 Å². The third kappa shape index (κ3) is 6.17. The van der Waals surface area contributed by atoms with Crippen LogP contribution < -0.4 is 0 Å². The van der Waals surface area contributed by atoms with Crippen molar-refractivity contribution in [3.8, 4) is 78.8 Å². The van der Waals surface area contributed by atoms with E-state index in [2.05, 4.69) is 121 Å². The molecule has 0 radical (unpaired) electrons. The summed E-state index contributed by atoms with van der Waals surface area (Å²) in [4.78, 5) is 19.7. The maximum Gasteiger partial charge on any atom is 0.182 e. The zero-order valence-electron chi connectivity index (χ0n) is 29.7. The summed E-state index contributed by atoms with van der Waals surface area (Å²) in [5.74, 6) is 1.76. The van der Waals surface area contributed by atoms with Gasteiger partial charge in [0.15, 0.2) is 17.5 Å². The molecule has 0 aliphatic heterocycles. The van der Waals surface area contributed by atoms with Gasteiger partial charge < -0.3 is 0 Å². The van der Waals surface area contributed by atoms with Crippen molar-refractivity contribution in [2.24, 2.45) is 0 Å². The van der Waals surface area contributed by atoms with Gasteiger partial charge in [0.05, 0.1) is 0 Å². The SMILES string of the molecule is c1ccc(-c2cc(-c3ccccc3)c3sc4c(-c5ccccc5)ccc(-c5ccc(-c6nc(-c7ccccc7)nc(-c7ccccc7)n6)nc5)c4c3c2)cc1. The van der Waals surface area contributed by atoms with Crippen LogP contribution in [-0.4, -0.2) is 19.9 Å². The first-order valence-electron chi connectivity index (χ1n) is 18.3. The van der Waals surface area contributed by atoms with Crippen molar-refractivity contribution in [2.75, 3.05) is 0 Å². The maximum atomic E-state index is 5.03. The molecule has 4 nitrogen and oxygen atoms in total. The van der Waals surface area contributed by atoms with Crippen LogP contribution in [0.2, 0.25) is 0 Å². The molecular weight excluding hydrogens is 689 g/mol. The average molecular weight is 721 g/mol. The Hall–Kier alpha value is -7.08. The van der Waals surface area contributed by atoms with Gasteiger partial charge in [-0.3, -0.25) is 4.98 Å². The summed E-state index contributed by atoms with van der Waals surface area (Å²) < 4.78 is 2.52. The number of nitrogens with zero attached hydrogens (tertiary/aromatic N) is 4. The fraction of sp³-hybridized carbons (Fsp3) is 0. The standard InChI is InChI=1S/C50H32N4S/c1-6-16-33(17-7-1)39-30-42(35-20-10-3-11-21-35)46-43(31-39)45-40(27-28-41(47(45)55-46)34-18-8-2-9-19-34)38-26-29-44(51-32-38)50-53-48(36-22-12-4-13-23-36)52-49(54-50)37-24-14-5-15-25-37/h1-32H. The summed E-state index contributed by atoms with van der Waals surface area (Å²) in [6, 6.07) is 65.6. The highest BCUT2D eigenvalue weighted by Gasteiger charge is 2.20. The molecule has 0 saturated carbocycles. The summed E-state index contributed by atoms with van der Waals surface area (Å²) in [6.07, 6.45) is 1.96. The van der Waals surface area contributed by atoms with Gasteiger partial charge >= 0.3 is 0 Å². The molecule has 0 aliphatic rings. The Bertz CT molecular complexity index is 2870. The molecule has 0 spiro atoms. The topological polar surface area (TPSA) is 51.6 Å². The quantitative estimate of drug-likeness (QED) is 0.164. The molecule has 5 heteroatoms. The molecule has 7 aromatic carbocycles. The molecule has 0 fully saturated rings. The Morgan fingerprint density at radius 3 is 1.36 bits per heavy atom. The Kier molecular flexibility index (Phi) is 8.32. The fourth-order valence-corrected chi connectivity index (χ4v) is 8.69. The van der Waals surface area contributed by atoms with Gasteiger partial charge in [-0.05, 0) is 51.6 Å². The number of aromatic nitrogens is 4. The molecule has 10 aromatic rings. The third-order valence-corrected chi connectivity index (χ3v) is 11.3. The normalized spacial score (nSPS) is 11.3. The summed E-state index contributed by atoms with van der Waals surface area (Å²) in [5.41, 5.74) is 11.9. The fourth-order valence-electron chi connectivity index (χ4n) is 7.31. The van der Waals surface area contributed by atoms with E-state index in [-0.39, 0.29) is 0 Å². The zero-order chi connectivity index (χ0) is 36.6. The van der Waals surface area contributed by atoms with Gasteiger partial charge in [0.25, 0.3) is 0 Å². The smallest absolute Gasteiger partial charge is 0.182 e. The summed E-state index contributed by atoms with van der Waals surface area (Å²) in [5, 5.41) is 2.46. The van der Waals surface area contributed by atoms with E-state index in [1.165, 1.54) is 53.6 Å². The molecule has 0 amide bonds. The van der Waals surface area contributed by atoms with Gasteiger partial charge in [-0.15, -0.1) is 11.3 Å². The molecular formula is C50H32N4S. The van der Waals surface area contributed by atoms with Crippen molar-refractivity contribution in [2.45, 2.75) is 0 Å². The molecule has 55 heavy (non-hydrogen) atoms. The van der Waals surface area contributed by atoms with Gasteiger partial charge in [0, 0.05) is 48.6 Å². The van der Waals surface area contributed by atoms with Crippen LogP contribution in [0.1, 0.15) is 0 Å². The van der Waals surface area contributed by atoms with E-state index in [1.807, 2.05) is 84.3 Å². The van der Waals surface area contributed by atoms with E-state index in [4.69, 9.17) is 19.9 Å². The molecule has 0 atom stereocenters. The summed E-state index contributed by atoms with van der Waals surface area (Å²) in [7, 11) is 0. The van der Waals surface area contributed by atoms with Crippen LogP contribution in [0.3, 0.4) is 0 Å². The van der Waals surface area contributed by atoms with Crippen LogP contribution in [-0.2, 0) is 0 Å². The molecule has 0 unspecified atom stereocenters. The van der Waals surface area contributed by atoms with Crippen molar-refractivity contribution < 1.29 is 0 Å². The molecule has 0 saturated heterocycles. The largest absolute Gasteiger partial charge is 0.252 e. The molecule has 0 N–H and O–H groups in total. The molecule has 3 aromatic heterocycles. The van der Waals surface area contributed by atoms with E-state index >= 15 is 0 Å². The second-order valence-corrected chi connectivity index (χ2v) is 14.5. The minimum atomic E-state index is 0.532. The molecule has 10 rings (SSSR count). The van der Waals surface area contributed by atoms with Crippen LogP contribution in [0.15, 0.2) is 194 Å². The van der Waals surface area contributed by atoms with Crippen LogP contribution in [0.4, 0.5) is 0 Å². The van der Waals surface area contributed by atoms with E-state index in [0.717, 1.165) is 22.3 Å². The summed E-state index contributed by atoms with van der Waals surface area (Å²) in [6.45, 7) is 0. The predicted octanol–water partition coefficient (Wildman–Crippen LogP) is 13.3. The number of hydrogen-bond acceptors (Lipinski definition) is 5. The molecule has 3 heterocycles. The lowest BCUT2D eigenvalue weighted by Gasteiger charge is -2.12. The number of thiophene rings is 1. The van der Waals surface area contributed by atoms with Gasteiger partial charge in [-0.25, -0.2) is 15.0 Å². The second-order valence-electron chi connectivity index (χ2n) is 13.4. The number of benzene rings is 7. The minimum Gasteiger partial charge on any atom is -0.252 e. The van der Waals surface area contributed by atoms with Crippen molar-refractivity contribution in [1.82, 2.24) is 19.9 Å². The second kappa shape index (κ2) is 14.0. The van der Waals surface area contributed by atoms with E-state index in [9.17, 15) is 0 Å². The maximum absolute atomic E-state index is 5.03. The minimum absolute atomic E-state index is 0.532. The van der Waals surface area contributed by atoms with E-state index < -0.39 is 0 Å². The first kappa shape index (κ1) is 32.6. The highest BCUT2D eigenvalue weighted by molar-refractivity contribution is 7.27. The monoisotopic (exact) mass is 720 g/mol. The van der Waals surface area contributed by atoms with Gasteiger partial charge in [-0.2, -0.15) is 0 Å². The lowest BCUT2D eigenvalue weighted by Crippen LogP contribution is -2.01. The lowest BCUT2D eigenvalue weighted by molar-refractivity contribution is 1.06. The Balaban J connectivity index is 1.18. The average Bonchev–Trinajstić information content (AvgIpc) is 3.67. The number of hydrogen-bond donors (Lipinski definition) is 0.